The van der Waals surface area contributed by atoms with E-state index in [9.17, 15) is 23.6 Å². The Morgan fingerprint density at radius 1 is 1.27 bits per heavy atom. The van der Waals surface area contributed by atoms with Gasteiger partial charge in [0.2, 0.25) is 0 Å². The van der Waals surface area contributed by atoms with Crippen molar-refractivity contribution in [3.8, 4) is 6.07 Å². The van der Waals surface area contributed by atoms with Gasteiger partial charge in [0.1, 0.15) is 17.0 Å². The first-order valence-corrected chi connectivity index (χ1v) is 14.4. The number of nitriles is 1. The van der Waals surface area contributed by atoms with Crippen LogP contribution in [0.25, 0.3) is 5.76 Å². The summed E-state index contributed by atoms with van der Waals surface area (Å²) >= 11 is 5.73. The van der Waals surface area contributed by atoms with Crippen LogP contribution in [0, 0.1) is 17.1 Å². The molecule has 2 amide bonds. The van der Waals surface area contributed by atoms with E-state index in [2.05, 4.69) is 10.3 Å². The molecular weight excluding hydrogens is 591 g/mol. The molecule has 0 aliphatic carbocycles. The van der Waals surface area contributed by atoms with E-state index in [1.54, 1.807) is 32.1 Å². The SMILES string of the molecule is C/C=C/C(F)(F)c1cc(N2C(=O)C(C)(C)N(c3cc(F)c4c(c3)/C(OCC(=O)NC)=C\CC/C(CC)=N\4)C2=S)ccc1C#N. The quantitative estimate of drug-likeness (QED) is 0.261. The predicted octanol–water partition coefficient (Wildman–Crippen LogP) is 6.66. The molecule has 44 heavy (non-hydrogen) atoms. The van der Waals surface area contributed by atoms with Gasteiger partial charge in [0.15, 0.2) is 17.5 Å². The number of alkyl halides is 2. The van der Waals surface area contributed by atoms with E-state index in [4.69, 9.17) is 17.0 Å². The summed E-state index contributed by atoms with van der Waals surface area (Å²) in [6.45, 7) is 6.22. The molecule has 8 nitrogen and oxygen atoms in total. The van der Waals surface area contributed by atoms with Crippen LogP contribution >= 0.6 is 12.2 Å². The molecular formula is C32H32F3N5O3S. The van der Waals surface area contributed by atoms with E-state index in [1.807, 2.05) is 6.92 Å². The molecule has 2 aliphatic heterocycles. The number of allylic oxidation sites excluding steroid dienone is 3. The lowest BCUT2D eigenvalue weighted by molar-refractivity contribution is -0.123. The number of likely N-dealkylation sites (N-methyl/N-ethyl adjacent to an activating group) is 1. The summed E-state index contributed by atoms with van der Waals surface area (Å²) in [7, 11) is 1.47. The topological polar surface area (TPSA) is 98.0 Å². The molecule has 2 aliphatic rings. The molecule has 1 saturated heterocycles. The highest BCUT2D eigenvalue weighted by molar-refractivity contribution is 7.81. The molecule has 2 aromatic rings. The van der Waals surface area contributed by atoms with Crippen molar-refractivity contribution in [2.45, 2.75) is 58.4 Å². The van der Waals surface area contributed by atoms with Gasteiger partial charge >= 0.3 is 0 Å². The lowest BCUT2D eigenvalue weighted by Gasteiger charge is -2.30. The van der Waals surface area contributed by atoms with E-state index in [0.29, 0.717) is 25.3 Å². The lowest BCUT2D eigenvalue weighted by Crippen LogP contribution is -2.44. The van der Waals surface area contributed by atoms with Crippen molar-refractivity contribution >= 4 is 57.7 Å². The van der Waals surface area contributed by atoms with Crippen LogP contribution < -0.4 is 15.1 Å². The number of amides is 2. The number of nitrogens with zero attached hydrogens (tertiary/aromatic N) is 4. The van der Waals surface area contributed by atoms with Crippen molar-refractivity contribution < 1.29 is 27.5 Å². The molecule has 0 atom stereocenters. The Morgan fingerprint density at radius 2 is 2.00 bits per heavy atom. The maximum atomic E-state index is 15.9. The second-order valence-electron chi connectivity index (χ2n) is 10.7. The van der Waals surface area contributed by atoms with Crippen LogP contribution in [0.1, 0.15) is 63.6 Å². The third-order valence-corrected chi connectivity index (χ3v) is 7.80. The molecule has 2 aromatic carbocycles. The van der Waals surface area contributed by atoms with Gasteiger partial charge in [-0.3, -0.25) is 19.5 Å². The summed E-state index contributed by atoms with van der Waals surface area (Å²) in [5.41, 5.74) is -0.892. The van der Waals surface area contributed by atoms with Gasteiger partial charge in [-0.1, -0.05) is 13.0 Å². The molecule has 230 valence electrons. The van der Waals surface area contributed by atoms with Gasteiger partial charge in [-0.25, -0.2) is 4.39 Å². The van der Waals surface area contributed by atoms with Gasteiger partial charge in [-0.2, -0.15) is 14.0 Å². The van der Waals surface area contributed by atoms with Gasteiger partial charge in [0.25, 0.3) is 17.7 Å². The number of hydrogen-bond acceptors (Lipinski definition) is 6. The smallest absolute Gasteiger partial charge is 0.293 e. The summed E-state index contributed by atoms with van der Waals surface area (Å²) in [4.78, 5) is 32.9. The van der Waals surface area contributed by atoms with Crippen LogP contribution in [-0.4, -0.2) is 41.8 Å². The van der Waals surface area contributed by atoms with E-state index >= 15 is 4.39 Å². The first-order chi connectivity index (χ1) is 20.8. The second-order valence-corrected chi connectivity index (χ2v) is 11.1. The highest BCUT2D eigenvalue weighted by atomic mass is 32.1. The monoisotopic (exact) mass is 623 g/mol. The van der Waals surface area contributed by atoms with E-state index in [1.165, 1.54) is 43.1 Å². The summed E-state index contributed by atoms with van der Waals surface area (Å²) in [6.07, 6.45) is 5.33. The fraction of sp³-hybridized carbons (Fsp3) is 0.344. The summed E-state index contributed by atoms with van der Waals surface area (Å²) in [5, 5.41) is 11.9. The zero-order valence-corrected chi connectivity index (χ0v) is 25.8. The second kappa shape index (κ2) is 12.6. The number of nitrogens with one attached hydrogen (secondary N) is 1. The van der Waals surface area contributed by atoms with Gasteiger partial charge in [0, 0.05) is 29.6 Å². The van der Waals surface area contributed by atoms with Crippen LogP contribution in [0.5, 0.6) is 0 Å². The Labute approximate surface area is 259 Å². The van der Waals surface area contributed by atoms with Crippen LogP contribution in [0.2, 0.25) is 0 Å². The summed E-state index contributed by atoms with van der Waals surface area (Å²) < 4.78 is 51.7. The average molecular weight is 624 g/mol. The Kier molecular flexibility index (Phi) is 9.30. The molecule has 12 heteroatoms. The number of carbonyl (C=O) groups excluding carboxylic acids is 2. The molecule has 0 bridgehead atoms. The van der Waals surface area contributed by atoms with Crippen LogP contribution in [0.15, 0.2) is 53.6 Å². The first-order valence-electron chi connectivity index (χ1n) is 14.0. The molecule has 0 saturated carbocycles. The van der Waals surface area contributed by atoms with Crippen molar-refractivity contribution in [1.29, 1.82) is 5.26 Å². The van der Waals surface area contributed by atoms with Crippen molar-refractivity contribution in [1.82, 2.24) is 5.32 Å². The fourth-order valence-electron chi connectivity index (χ4n) is 5.12. The first kappa shape index (κ1) is 32.4. The maximum absolute atomic E-state index is 15.9. The lowest BCUT2D eigenvalue weighted by atomic mass is 9.99. The maximum Gasteiger partial charge on any atom is 0.293 e. The molecule has 2 heterocycles. The van der Waals surface area contributed by atoms with Crippen molar-refractivity contribution in [3.05, 3.63) is 71.1 Å². The number of carbonyl (C=O) groups is 2. The normalized spacial score (nSPS) is 19.0. The third-order valence-electron chi connectivity index (χ3n) is 7.44. The zero-order chi connectivity index (χ0) is 32.4. The van der Waals surface area contributed by atoms with Gasteiger partial charge in [0.05, 0.1) is 17.3 Å². The third kappa shape index (κ3) is 5.97. The van der Waals surface area contributed by atoms with Gasteiger partial charge < -0.3 is 15.0 Å². The van der Waals surface area contributed by atoms with Crippen LogP contribution in [0.4, 0.5) is 30.2 Å². The van der Waals surface area contributed by atoms with E-state index < -0.39 is 28.7 Å². The molecule has 0 unspecified atom stereocenters. The van der Waals surface area contributed by atoms with Crippen LogP contribution in [0.3, 0.4) is 0 Å². The highest BCUT2D eigenvalue weighted by Gasteiger charge is 2.51. The minimum atomic E-state index is -3.48. The Balaban J connectivity index is 1.85. The number of rotatable bonds is 8. The fourth-order valence-corrected chi connectivity index (χ4v) is 5.64. The van der Waals surface area contributed by atoms with E-state index in [0.717, 1.165) is 16.7 Å². The number of aliphatic imine (C=N–C) groups is 1. The zero-order valence-electron chi connectivity index (χ0n) is 25.0. The standard InChI is InChI=1S/C32H32F3N5O3S/c1-6-13-32(34,35)24-15-21(12-11-19(24)17-36)39-29(42)31(3,4)40(30(39)44)22-14-23-26(43-18-27(41)37-5)10-8-9-20(7-2)38-28(23)25(33)16-22/h6,10-16H,7-9,18H2,1-5H3,(H,37,41)/b13-6+,26-10+,38-20-. The molecule has 0 aromatic heterocycles. The molecule has 0 spiro atoms. The number of thiocarbonyl (C=S) groups is 1. The van der Waals surface area contributed by atoms with E-state index in [-0.39, 0.29) is 51.6 Å². The minimum Gasteiger partial charge on any atom is -0.483 e. The van der Waals surface area contributed by atoms with Gasteiger partial charge in [-0.05, 0) is 94.7 Å². The number of anilines is 2. The number of fused-ring (bicyclic) bond motifs is 1. The molecule has 4 rings (SSSR count). The van der Waals surface area contributed by atoms with Crippen LogP contribution in [-0.2, 0) is 20.2 Å². The number of halogens is 3. The summed E-state index contributed by atoms with van der Waals surface area (Å²) in [6, 6.07) is 8.22. The van der Waals surface area contributed by atoms with Crippen molar-refractivity contribution in [2.24, 2.45) is 4.99 Å². The number of ether oxygens (including phenoxy) is 1. The molecule has 1 N–H and O–H groups in total. The summed E-state index contributed by atoms with van der Waals surface area (Å²) in [5.74, 6) is -4.86. The average Bonchev–Trinajstić information content (AvgIpc) is 3.15. The number of hydrogen-bond donors (Lipinski definition) is 1. The minimum absolute atomic E-state index is 0.0301. The molecule has 0 radical (unpaired) electrons. The van der Waals surface area contributed by atoms with Crippen molar-refractivity contribution in [3.63, 3.8) is 0 Å². The Bertz CT molecular complexity index is 1660. The molecule has 1 fully saturated rings. The highest BCUT2D eigenvalue weighted by Crippen LogP contribution is 2.43. The largest absolute Gasteiger partial charge is 0.483 e. The predicted molar refractivity (Wildman–Crippen MR) is 168 cm³/mol. The Morgan fingerprint density at radius 3 is 2.64 bits per heavy atom. The Hall–Kier alpha value is -4.50. The van der Waals surface area contributed by atoms with Crippen molar-refractivity contribution in [2.75, 3.05) is 23.5 Å². The number of benzene rings is 2. The van der Waals surface area contributed by atoms with Gasteiger partial charge in [-0.15, -0.1) is 0 Å².